The summed E-state index contributed by atoms with van der Waals surface area (Å²) < 4.78 is 0. The number of carbonyl (C=O) groups excluding carboxylic acids is 1. The van der Waals surface area contributed by atoms with E-state index >= 15 is 0 Å². The van der Waals surface area contributed by atoms with E-state index in [1.165, 1.54) is 32.1 Å². The molecule has 0 atom stereocenters. The van der Waals surface area contributed by atoms with Gasteiger partial charge in [-0.3, -0.25) is 9.78 Å². The van der Waals surface area contributed by atoms with Crippen LogP contribution in [0.25, 0.3) is 0 Å². The normalized spacial score (nSPS) is 15.3. The molecule has 0 spiro atoms. The van der Waals surface area contributed by atoms with Crippen LogP contribution in [-0.4, -0.2) is 16.9 Å². The van der Waals surface area contributed by atoms with Gasteiger partial charge in [-0.1, -0.05) is 19.3 Å². The number of hydrogen-bond donors (Lipinski definition) is 2. The Hall–Kier alpha value is -2.36. The maximum absolute atomic E-state index is 12.0. The van der Waals surface area contributed by atoms with Gasteiger partial charge in [0.2, 0.25) is 0 Å². The molecule has 1 aromatic heterocycles. The Bertz CT molecular complexity index is 604. The smallest absolute Gasteiger partial charge is 0.257 e. The number of benzene rings is 1. The highest BCUT2D eigenvalue weighted by atomic mass is 16.1. The number of nitrogens with one attached hydrogen (secondary N) is 2. The minimum Gasteiger partial charge on any atom is -0.382 e. The zero-order valence-corrected chi connectivity index (χ0v) is 12.6. The Balaban J connectivity index is 1.58. The summed E-state index contributed by atoms with van der Waals surface area (Å²) in [6.45, 7) is 0. The van der Waals surface area contributed by atoms with Gasteiger partial charge in [-0.2, -0.15) is 0 Å². The lowest BCUT2D eigenvalue weighted by molar-refractivity contribution is 0.102. The van der Waals surface area contributed by atoms with E-state index in [0.29, 0.717) is 11.6 Å². The maximum Gasteiger partial charge on any atom is 0.257 e. The fourth-order valence-corrected chi connectivity index (χ4v) is 2.83. The molecule has 4 nitrogen and oxygen atoms in total. The highest BCUT2D eigenvalue weighted by Crippen LogP contribution is 2.22. The highest BCUT2D eigenvalue weighted by Gasteiger charge is 2.12. The number of carbonyl (C=O) groups is 1. The molecule has 0 saturated heterocycles. The first-order chi connectivity index (χ1) is 10.8. The lowest BCUT2D eigenvalue weighted by atomic mass is 9.95. The van der Waals surface area contributed by atoms with E-state index in [0.717, 1.165) is 11.4 Å². The van der Waals surface area contributed by atoms with Gasteiger partial charge in [0.1, 0.15) is 0 Å². The van der Waals surface area contributed by atoms with E-state index in [1.807, 2.05) is 24.3 Å². The van der Waals surface area contributed by atoms with E-state index in [-0.39, 0.29) is 5.91 Å². The standard InChI is InChI=1S/C18H21N3O/c22-18(14-5-4-12-19-13-14)21-17-10-8-16(9-11-17)20-15-6-2-1-3-7-15/h4-5,8-13,15,20H,1-3,6-7H2,(H,21,22). The fraction of sp³-hybridized carbons (Fsp3) is 0.333. The van der Waals surface area contributed by atoms with Crippen LogP contribution in [0, 0.1) is 0 Å². The van der Waals surface area contributed by atoms with Crippen molar-refractivity contribution in [3.8, 4) is 0 Å². The average molecular weight is 295 g/mol. The Morgan fingerprint density at radius 3 is 2.41 bits per heavy atom. The Morgan fingerprint density at radius 1 is 1.00 bits per heavy atom. The zero-order chi connectivity index (χ0) is 15.2. The molecule has 1 amide bonds. The molecule has 0 unspecified atom stereocenters. The first-order valence-corrected chi connectivity index (χ1v) is 7.89. The van der Waals surface area contributed by atoms with Crippen molar-refractivity contribution in [2.75, 3.05) is 10.6 Å². The van der Waals surface area contributed by atoms with Crippen molar-refractivity contribution in [3.05, 3.63) is 54.4 Å². The summed E-state index contributed by atoms with van der Waals surface area (Å²) in [5, 5.41) is 6.45. The first-order valence-electron chi connectivity index (χ1n) is 7.89. The minimum atomic E-state index is -0.138. The van der Waals surface area contributed by atoms with Crippen LogP contribution in [-0.2, 0) is 0 Å². The first kappa shape index (κ1) is 14.6. The summed E-state index contributed by atoms with van der Waals surface area (Å²) in [5.74, 6) is -0.138. The van der Waals surface area contributed by atoms with Crippen molar-refractivity contribution < 1.29 is 4.79 Å². The van der Waals surface area contributed by atoms with Crippen molar-refractivity contribution in [3.63, 3.8) is 0 Å². The lowest BCUT2D eigenvalue weighted by Crippen LogP contribution is -2.22. The van der Waals surface area contributed by atoms with Crippen LogP contribution in [0.15, 0.2) is 48.8 Å². The van der Waals surface area contributed by atoms with Crippen LogP contribution in [0.5, 0.6) is 0 Å². The second-order valence-electron chi connectivity index (χ2n) is 5.75. The molecule has 1 aromatic carbocycles. The number of aromatic nitrogens is 1. The van der Waals surface area contributed by atoms with E-state index in [4.69, 9.17) is 0 Å². The Kier molecular flexibility index (Phi) is 4.68. The van der Waals surface area contributed by atoms with Crippen LogP contribution >= 0.6 is 0 Å². The molecule has 0 radical (unpaired) electrons. The maximum atomic E-state index is 12.0. The second kappa shape index (κ2) is 7.07. The molecule has 0 aliphatic heterocycles. The molecule has 114 valence electrons. The lowest BCUT2D eigenvalue weighted by Gasteiger charge is -2.23. The molecule has 1 aliphatic rings. The summed E-state index contributed by atoms with van der Waals surface area (Å²) in [5.41, 5.74) is 2.47. The second-order valence-corrected chi connectivity index (χ2v) is 5.75. The van der Waals surface area contributed by atoms with Crippen LogP contribution in [0.1, 0.15) is 42.5 Å². The number of nitrogens with zero attached hydrogens (tertiary/aromatic N) is 1. The topological polar surface area (TPSA) is 54.0 Å². The summed E-state index contributed by atoms with van der Waals surface area (Å²) in [4.78, 5) is 16.0. The minimum absolute atomic E-state index is 0.138. The Morgan fingerprint density at radius 2 is 1.73 bits per heavy atom. The number of hydrogen-bond acceptors (Lipinski definition) is 3. The molecule has 1 aliphatic carbocycles. The molecule has 1 saturated carbocycles. The quantitative estimate of drug-likeness (QED) is 0.893. The van der Waals surface area contributed by atoms with Gasteiger partial charge >= 0.3 is 0 Å². The predicted octanol–water partition coefficient (Wildman–Crippen LogP) is 4.08. The molecule has 1 heterocycles. The zero-order valence-electron chi connectivity index (χ0n) is 12.6. The van der Waals surface area contributed by atoms with Crippen LogP contribution < -0.4 is 10.6 Å². The summed E-state index contributed by atoms with van der Waals surface area (Å²) >= 11 is 0. The van der Waals surface area contributed by atoms with Crippen molar-refractivity contribution in [2.45, 2.75) is 38.1 Å². The van der Waals surface area contributed by atoms with E-state index < -0.39 is 0 Å². The van der Waals surface area contributed by atoms with Gasteiger partial charge in [0.25, 0.3) is 5.91 Å². The third kappa shape index (κ3) is 3.85. The molecule has 22 heavy (non-hydrogen) atoms. The van der Waals surface area contributed by atoms with Crippen molar-refractivity contribution in [1.29, 1.82) is 0 Å². The SMILES string of the molecule is O=C(Nc1ccc(NC2CCCCC2)cc1)c1cccnc1. The summed E-state index contributed by atoms with van der Waals surface area (Å²) in [6, 6.07) is 12.0. The van der Waals surface area contributed by atoms with Gasteiger partial charge in [-0.15, -0.1) is 0 Å². The van der Waals surface area contributed by atoms with Crippen LogP contribution in [0.3, 0.4) is 0 Å². The number of pyridine rings is 1. The van der Waals surface area contributed by atoms with E-state index in [2.05, 4.69) is 15.6 Å². The van der Waals surface area contributed by atoms with Crippen LogP contribution in [0.2, 0.25) is 0 Å². The molecule has 3 rings (SSSR count). The van der Waals surface area contributed by atoms with Gasteiger partial charge in [0, 0.05) is 29.8 Å². The molecule has 2 aromatic rings. The molecule has 0 bridgehead atoms. The van der Waals surface area contributed by atoms with Gasteiger partial charge < -0.3 is 10.6 Å². The predicted molar refractivity (Wildman–Crippen MR) is 89.1 cm³/mol. The third-order valence-corrected chi connectivity index (χ3v) is 4.04. The van der Waals surface area contributed by atoms with Crippen molar-refractivity contribution in [1.82, 2.24) is 4.98 Å². The molecule has 2 N–H and O–H groups in total. The number of rotatable bonds is 4. The largest absolute Gasteiger partial charge is 0.382 e. The van der Waals surface area contributed by atoms with Gasteiger partial charge in [-0.05, 0) is 49.2 Å². The molecule has 4 heteroatoms. The molecular weight excluding hydrogens is 274 g/mol. The van der Waals surface area contributed by atoms with Gasteiger partial charge in [0.05, 0.1) is 5.56 Å². The summed E-state index contributed by atoms with van der Waals surface area (Å²) in [6.07, 6.45) is 9.71. The Labute approximate surface area is 131 Å². The number of anilines is 2. The van der Waals surface area contributed by atoms with E-state index in [9.17, 15) is 4.79 Å². The van der Waals surface area contributed by atoms with Crippen molar-refractivity contribution >= 4 is 17.3 Å². The van der Waals surface area contributed by atoms with Crippen LogP contribution in [0.4, 0.5) is 11.4 Å². The summed E-state index contributed by atoms with van der Waals surface area (Å²) in [7, 11) is 0. The molecular formula is C18H21N3O. The highest BCUT2D eigenvalue weighted by molar-refractivity contribution is 6.04. The fourth-order valence-electron chi connectivity index (χ4n) is 2.83. The molecule has 1 fully saturated rings. The number of amides is 1. The van der Waals surface area contributed by atoms with Crippen molar-refractivity contribution in [2.24, 2.45) is 0 Å². The average Bonchev–Trinajstić information content (AvgIpc) is 2.58. The van der Waals surface area contributed by atoms with Gasteiger partial charge in [-0.25, -0.2) is 0 Å². The van der Waals surface area contributed by atoms with E-state index in [1.54, 1.807) is 24.5 Å². The monoisotopic (exact) mass is 295 g/mol. The van der Waals surface area contributed by atoms with Gasteiger partial charge in [0.15, 0.2) is 0 Å². The third-order valence-electron chi connectivity index (χ3n) is 4.04.